The second-order valence-electron chi connectivity index (χ2n) is 7.68. The van der Waals surface area contributed by atoms with Gasteiger partial charge in [-0.2, -0.15) is 0 Å². The van der Waals surface area contributed by atoms with Gasteiger partial charge in [0, 0.05) is 38.4 Å². The molecule has 31 heavy (non-hydrogen) atoms. The average Bonchev–Trinajstić information content (AvgIpc) is 2.84. The predicted octanol–water partition coefficient (Wildman–Crippen LogP) is 4.42. The molecule has 0 aliphatic carbocycles. The third-order valence-corrected chi connectivity index (χ3v) is 5.53. The van der Waals surface area contributed by atoms with Gasteiger partial charge < -0.3 is 15.0 Å². The molecule has 0 atom stereocenters. The van der Waals surface area contributed by atoms with Crippen molar-refractivity contribution in [3.05, 3.63) is 90.5 Å². The van der Waals surface area contributed by atoms with Gasteiger partial charge in [0.1, 0.15) is 11.5 Å². The zero-order chi connectivity index (χ0) is 21.3. The lowest BCUT2D eigenvalue weighted by atomic mass is 10.2. The van der Waals surface area contributed by atoms with E-state index in [1.54, 1.807) is 6.07 Å². The Morgan fingerprint density at radius 2 is 1.45 bits per heavy atom. The van der Waals surface area contributed by atoms with E-state index in [1.165, 1.54) is 5.69 Å². The summed E-state index contributed by atoms with van der Waals surface area (Å²) in [5, 5.41) is 3.04. The van der Waals surface area contributed by atoms with Crippen molar-refractivity contribution in [3.63, 3.8) is 0 Å². The Kier molecular flexibility index (Phi) is 7.19. The molecule has 0 saturated carbocycles. The van der Waals surface area contributed by atoms with Crippen molar-refractivity contribution < 1.29 is 9.53 Å². The van der Waals surface area contributed by atoms with E-state index in [9.17, 15) is 4.79 Å². The molecule has 5 nitrogen and oxygen atoms in total. The summed E-state index contributed by atoms with van der Waals surface area (Å²) >= 11 is 0. The Hall–Kier alpha value is -3.31. The number of para-hydroxylation sites is 3. The first-order chi connectivity index (χ1) is 15.3. The molecule has 3 aromatic rings. The predicted molar refractivity (Wildman–Crippen MR) is 125 cm³/mol. The van der Waals surface area contributed by atoms with Gasteiger partial charge in [-0.15, -0.1) is 0 Å². The Morgan fingerprint density at radius 1 is 0.806 bits per heavy atom. The quantitative estimate of drug-likeness (QED) is 0.553. The van der Waals surface area contributed by atoms with Crippen LogP contribution in [0, 0.1) is 0 Å². The highest BCUT2D eigenvalue weighted by Gasteiger charge is 2.17. The Balaban J connectivity index is 1.21. The summed E-state index contributed by atoms with van der Waals surface area (Å²) < 4.78 is 5.90. The molecule has 0 bridgehead atoms. The lowest BCUT2D eigenvalue weighted by molar-refractivity contribution is 0.0949. The molecule has 1 amide bonds. The molecule has 4 rings (SSSR count). The summed E-state index contributed by atoms with van der Waals surface area (Å²) in [5.74, 6) is 1.20. The molecule has 1 N–H and O–H groups in total. The van der Waals surface area contributed by atoms with Crippen molar-refractivity contribution >= 4 is 11.6 Å². The van der Waals surface area contributed by atoms with Crippen LogP contribution in [0.3, 0.4) is 0 Å². The summed E-state index contributed by atoms with van der Waals surface area (Å²) in [6, 6.07) is 27.5. The van der Waals surface area contributed by atoms with Gasteiger partial charge in [0.05, 0.1) is 5.56 Å². The number of benzene rings is 3. The van der Waals surface area contributed by atoms with Gasteiger partial charge >= 0.3 is 0 Å². The molecule has 5 heteroatoms. The Morgan fingerprint density at radius 3 is 2.19 bits per heavy atom. The molecule has 1 aliphatic heterocycles. The SMILES string of the molecule is O=C(NCCCN1CCN(c2ccccc2)CC1)c1ccccc1Oc1ccccc1. The molecule has 3 aromatic carbocycles. The number of anilines is 1. The number of ether oxygens (including phenoxy) is 1. The maximum absolute atomic E-state index is 12.7. The lowest BCUT2D eigenvalue weighted by Gasteiger charge is -2.36. The van der Waals surface area contributed by atoms with E-state index in [-0.39, 0.29) is 5.91 Å². The monoisotopic (exact) mass is 415 g/mol. The second kappa shape index (κ2) is 10.6. The van der Waals surface area contributed by atoms with Crippen molar-refractivity contribution in [2.24, 2.45) is 0 Å². The van der Waals surface area contributed by atoms with Crippen LogP contribution in [-0.4, -0.2) is 50.1 Å². The maximum Gasteiger partial charge on any atom is 0.255 e. The lowest BCUT2D eigenvalue weighted by Crippen LogP contribution is -2.47. The van der Waals surface area contributed by atoms with E-state index < -0.39 is 0 Å². The summed E-state index contributed by atoms with van der Waals surface area (Å²) in [6.45, 7) is 5.83. The van der Waals surface area contributed by atoms with Crippen LogP contribution >= 0.6 is 0 Å². The number of hydrogen-bond acceptors (Lipinski definition) is 4. The van der Waals surface area contributed by atoms with Gasteiger partial charge in [-0.25, -0.2) is 0 Å². The standard InChI is InChI=1S/C26H29N3O2/c30-26(24-14-7-8-15-25(24)31-23-12-5-2-6-13-23)27-16-9-17-28-18-20-29(21-19-28)22-10-3-1-4-11-22/h1-8,10-15H,9,16-21H2,(H,27,30). The topological polar surface area (TPSA) is 44.8 Å². The van der Waals surface area contributed by atoms with Crippen molar-refractivity contribution in [2.75, 3.05) is 44.2 Å². The van der Waals surface area contributed by atoms with Gasteiger partial charge in [0.2, 0.25) is 0 Å². The molecule has 0 unspecified atom stereocenters. The number of hydrogen-bond donors (Lipinski definition) is 1. The van der Waals surface area contributed by atoms with Crippen LogP contribution in [0.25, 0.3) is 0 Å². The first-order valence-corrected chi connectivity index (χ1v) is 10.9. The summed E-state index contributed by atoms with van der Waals surface area (Å²) in [5.41, 5.74) is 1.86. The molecule has 1 fully saturated rings. The smallest absolute Gasteiger partial charge is 0.255 e. The number of nitrogens with one attached hydrogen (secondary N) is 1. The minimum Gasteiger partial charge on any atom is -0.457 e. The minimum atomic E-state index is -0.0968. The van der Waals surface area contributed by atoms with E-state index >= 15 is 0 Å². The second-order valence-corrected chi connectivity index (χ2v) is 7.68. The van der Waals surface area contributed by atoms with Crippen LogP contribution in [0.15, 0.2) is 84.9 Å². The van der Waals surface area contributed by atoms with Crippen LogP contribution in [0.4, 0.5) is 5.69 Å². The summed E-state index contributed by atoms with van der Waals surface area (Å²) in [7, 11) is 0. The molecule has 0 radical (unpaired) electrons. The first-order valence-electron chi connectivity index (χ1n) is 10.9. The third-order valence-electron chi connectivity index (χ3n) is 5.53. The van der Waals surface area contributed by atoms with Crippen LogP contribution in [0.1, 0.15) is 16.8 Å². The Labute approximate surface area is 184 Å². The van der Waals surface area contributed by atoms with Crippen molar-refractivity contribution in [1.82, 2.24) is 10.2 Å². The Bertz CT molecular complexity index is 955. The number of carbonyl (C=O) groups excluding carboxylic acids is 1. The molecule has 0 spiro atoms. The van der Waals surface area contributed by atoms with E-state index in [0.29, 0.717) is 17.9 Å². The maximum atomic E-state index is 12.7. The average molecular weight is 416 g/mol. The van der Waals surface area contributed by atoms with E-state index in [1.807, 2.05) is 48.5 Å². The third kappa shape index (κ3) is 5.86. The fraction of sp³-hybridized carbons (Fsp3) is 0.269. The van der Waals surface area contributed by atoms with Gasteiger partial charge in [-0.3, -0.25) is 9.69 Å². The van der Waals surface area contributed by atoms with E-state index in [2.05, 4.69) is 45.4 Å². The zero-order valence-corrected chi connectivity index (χ0v) is 17.7. The van der Waals surface area contributed by atoms with Crippen LogP contribution in [0.5, 0.6) is 11.5 Å². The van der Waals surface area contributed by atoms with Gasteiger partial charge in [0.25, 0.3) is 5.91 Å². The normalized spacial score (nSPS) is 14.3. The number of rotatable bonds is 8. The van der Waals surface area contributed by atoms with Crippen molar-refractivity contribution in [3.8, 4) is 11.5 Å². The number of nitrogens with zero attached hydrogens (tertiary/aromatic N) is 2. The highest BCUT2D eigenvalue weighted by molar-refractivity contribution is 5.97. The zero-order valence-electron chi connectivity index (χ0n) is 17.7. The fourth-order valence-electron chi connectivity index (χ4n) is 3.83. The molecule has 1 aliphatic rings. The molecular weight excluding hydrogens is 386 g/mol. The number of piperazine rings is 1. The van der Waals surface area contributed by atoms with Crippen LogP contribution < -0.4 is 15.0 Å². The summed E-state index contributed by atoms with van der Waals surface area (Å²) in [4.78, 5) is 17.6. The molecule has 0 aromatic heterocycles. The van der Waals surface area contributed by atoms with Crippen molar-refractivity contribution in [1.29, 1.82) is 0 Å². The fourth-order valence-corrected chi connectivity index (χ4v) is 3.83. The first kappa shape index (κ1) is 20.9. The van der Waals surface area contributed by atoms with E-state index in [4.69, 9.17) is 4.74 Å². The minimum absolute atomic E-state index is 0.0968. The van der Waals surface area contributed by atoms with Crippen LogP contribution in [0.2, 0.25) is 0 Å². The molecule has 1 saturated heterocycles. The molecule has 160 valence electrons. The molecule has 1 heterocycles. The van der Waals surface area contributed by atoms with Gasteiger partial charge in [-0.05, 0) is 49.4 Å². The largest absolute Gasteiger partial charge is 0.457 e. The summed E-state index contributed by atoms with van der Waals surface area (Å²) in [6.07, 6.45) is 0.929. The van der Waals surface area contributed by atoms with Crippen LogP contribution in [-0.2, 0) is 0 Å². The molecular formula is C26H29N3O2. The van der Waals surface area contributed by atoms with Gasteiger partial charge in [0.15, 0.2) is 0 Å². The van der Waals surface area contributed by atoms with E-state index in [0.717, 1.165) is 44.9 Å². The highest BCUT2D eigenvalue weighted by Crippen LogP contribution is 2.25. The van der Waals surface area contributed by atoms with Crippen molar-refractivity contribution in [2.45, 2.75) is 6.42 Å². The number of carbonyl (C=O) groups is 1. The van der Waals surface area contributed by atoms with Gasteiger partial charge in [-0.1, -0.05) is 48.5 Å². The highest BCUT2D eigenvalue weighted by atomic mass is 16.5. The number of amides is 1.